The Morgan fingerprint density at radius 1 is 1.08 bits per heavy atom. The molecule has 10 atom stereocenters. The van der Waals surface area contributed by atoms with Crippen LogP contribution in [0, 0.1) is 28.6 Å². The molecule has 4 fully saturated rings. The molecule has 8 heteroatoms. The Morgan fingerprint density at radius 3 is 2.41 bits per heavy atom. The standard InChI is InChI=1S/C31H49NO6Si/c1-18-14-26(37-32-18)30(6,34)25-11-13-31(38-39(7,8)9)20-15-22(33)21-16-23-24(36-27(2,3)35-23)17-28(21,4)19(20)10-12-29(25,31)5/h15,19,21,23-26,34H,10-14,16-17H2,1-9H3/t19-,21-,23+,24-,25-,26+,28+,29+,30+,31+/m0/s1. The number of allylic oxidation sites excluding steroid dienone is 1. The highest BCUT2D eigenvalue weighted by molar-refractivity contribution is 6.69. The second kappa shape index (κ2) is 8.49. The molecule has 3 saturated carbocycles. The SMILES string of the molecule is CC1=NO[C@@H]([C@](C)(O)[C@H]2CC[C@@]3(O[Si](C)(C)C)C4=CC(=O)[C@@H]5C[C@H]6OC(C)(C)O[C@H]6C[C@]5(C)[C@H]4CC[C@]23C)C1. The van der Waals surface area contributed by atoms with Gasteiger partial charge < -0.3 is 23.8 Å². The van der Waals surface area contributed by atoms with Crippen molar-refractivity contribution >= 4 is 19.8 Å². The Morgan fingerprint density at radius 2 is 1.77 bits per heavy atom. The molecule has 1 N–H and O–H groups in total. The van der Waals surface area contributed by atoms with Gasteiger partial charge in [0, 0.05) is 17.8 Å². The van der Waals surface area contributed by atoms with Crippen molar-refractivity contribution in [3.05, 3.63) is 11.6 Å². The average molecular weight is 560 g/mol. The maximum Gasteiger partial charge on any atom is 0.184 e. The monoisotopic (exact) mass is 559 g/mol. The maximum absolute atomic E-state index is 14.1. The maximum atomic E-state index is 14.1. The van der Waals surface area contributed by atoms with Crippen LogP contribution < -0.4 is 0 Å². The number of nitrogens with zero attached hydrogens (tertiary/aromatic N) is 1. The normalized spacial score (nSPS) is 48.2. The van der Waals surface area contributed by atoms with Gasteiger partial charge in [0.15, 0.2) is 26.0 Å². The molecule has 6 aliphatic rings. The molecule has 0 aromatic heterocycles. The first-order chi connectivity index (χ1) is 17.9. The van der Waals surface area contributed by atoms with Crippen LogP contribution in [0.1, 0.15) is 86.5 Å². The molecule has 0 unspecified atom stereocenters. The van der Waals surface area contributed by atoms with Crippen LogP contribution in [0.2, 0.25) is 19.6 Å². The molecule has 6 rings (SSSR count). The zero-order chi connectivity index (χ0) is 28.4. The summed E-state index contributed by atoms with van der Waals surface area (Å²) >= 11 is 0. The molecule has 0 bridgehead atoms. The van der Waals surface area contributed by atoms with Crippen LogP contribution in [0.25, 0.3) is 0 Å². The highest BCUT2D eigenvalue weighted by Gasteiger charge is 2.71. The van der Waals surface area contributed by atoms with E-state index in [1.165, 1.54) is 5.57 Å². The number of hydrogen-bond donors (Lipinski definition) is 1. The number of carbonyl (C=O) groups is 1. The summed E-state index contributed by atoms with van der Waals surface area (Å²) in [5, 5.41) is 16.3. The van der Waals surface area contributed by atoms with Crippen molar-refractivity contribution in [3.63, 3.8) is 0 Å². The molecule has 1 saturated heterocycles. The van der Waals surface area contributed by atoms with Crippen molar-refractivity contribution in [1.82, 2.24) is 0 Å². The molecule has 0 aromatic rings. The fourth-order valence-corrected chi connectivity index (χ4v) is 11.5. The van der Waals surface area contributed by atoms with E-state index >= 15 is 0 Å². The number of rotatable bonds is 4. The van der Waals surface area contributed by atoms with Crippen LogP contribution in [0.4, 0.5) is 0 Å². The van der Waals surface area contributed by atoms with Crippen LogP contribution in [0.15, 0.2) is 16.8 Å². The van der Waals surface area contributed by atoms with Gasteiger partial charge in [0.25, 0.3) is 0 Å². The van der Waals surface area contributed by atoms with Gasteiger partial charge in [-0.25, -0.2) is 0 Å². The predicted molar refractivity (Wildman–Crippen MR) is 152 cm³/mol. The Labute approximate surface area is 235 Å². The van der Waals surface area contributed by atoms with E-state index in [4.69, 9.17) is 18.7 Å². The lowest BCUT2D eigenvalue weighted by Crippen LogP contribution is -2.65. The fraction of sp³-hybridized carbons (Fsp3) is 0.871. The minimum absolute atomic E-state index is 0.00962. The van der Waals surface area contributed by atoms with E-state index in [1.807, 2.05) is 33.8 Å². The largest absolute Gasteiger partial charge is 0.408 e. The number of ether oxygens (including phenoxy) is 2. The van der Waals surface area contributed by atoms with Crippen molar-refractivity contribution in [2.24, 2.45) is 33.7 Å². The number of carbonyl (C=O) groups excluding carboxylic acids is 1. The van der Waals surface area contributed by atoms with Gasteiger partial charge in [0.2, 0.25) is 0 Å². The third-order valence-corrected chi connectivity index (χ3v) is 12.5. The summed E-state index contributed by atoms with van der Waals surface area (Å²) in [6, 6.07) is 0. The molecular formula is C31H49NO6Si. The summed E-state index contributed by atoms with van der Waals surface area (Å²) in [6.07, 6.45) is 7.38. The quantitative estimate of drug-likeness (QED) is 0.441. The average Bonchev–Trinajstić information content (AvgIpc) is 3.44. The third kappa shape index (κ3) is 4.02. The molecule has 4 aliphatic carbocycles. The first kappa shape index (κ1) is 28.1. The van der Waals surface area contributed by atoms with Gasteiger partial charge in [-0.3, -0.25) is 4.79 Å². The van der Waals surface area contributed by atoms with Crippen LogP contribution in [-0.2, 0) is 23.5 Å². The zero-order valence-electron chi connectivity index (χ0n) is 25.4. The summed E-state index contributed by atoms with van der Waals surface area (Å²) in [5.74, 6) is -0.240. The highest BCUT2D eigenvalue weighted by Crippen LogP contribution is 2.70. The Kier molecular flexibility index (Phi) is 6.12. The molecule has 39 heavy (non-hydrogen) atoms. The third-order valence-electron chi connectivity index (χ3n) is 11.6. The Hall–Kier alpha value is -1.06. The lowest BCUT2D eigenvalue weighted by Gasteiger charge is -2.63. The van der Waals surface area contributed by atoms with E-state index in [9.17, 15) is 9.90 Å². The van der Waals surface area contributed by atoms with Crippen LogP contribution in [0.5, 0.6) is 0 Å². The molecule has 218 valence electrons. The lowest BCUT2D eigenvalue weighted by atomic mass is 9.45. The van der Waals surface area contributed by atoms with E-state index in [-0.39, 0.29) is 52.7 Å². The van der Waals surface area contributed by atoms with Gasteiger partial charge in [0.05, 0.1) is 23.5 Å². The molecular weight excluding hydrogens is 510 g/mol. The van der Waals surface area contributed by atoms with Gasteiger partial charge in [-0.15, -0.1) is 0 Å². The predicted octanol–water partition coefficient (Wildman–Crippen LogP) is 5.76. The molecule has 7 nitrogen and oxygen atoms in total. The van der Waals surface area contributed by atoms with E-state index in [2.05, 4.69) is 38.6 Å². The minimum Gasteiger partial charge on any atom is -0.408 e. The number of fused-ring (bicyclic) bond motifs is 6. The summed E-state index contributed by atoms with van der Waals surface area (Å²) in [6.45, 7) is 19.3. The fourth-order valence-electron chi connectivity index (χ4n) is 10.0. The smallest absolute Gasteiger partial charge is 0.184 e. The number of ketones is 1. The molecule has 2 aliphatic heterocycles. The van der Waals surface area contributed by atoms with E-state index < -0.39 is 25.3 Å². The molecule has 2 heterocycles. The van der Waals surface area contributed by atoms with E-state index in [0.29, 0.717) is 6.42 Å². The molecule has 0 aromatic carbocycles. The summed E-state index contributed by atoms with van der Waals surface area (Å²) < 4.78 is 20.0. The number of hydrogen-bond acceptors (Lipinski definition) is 7. The van der Waals surface area contributed by atoms with Crippen LogP contribution in [-0.4, -0.2) is 60.2 Å². The summed E-state index contributed by atoms with van der Waals surface area (Å²) in [7, 11) is -2.06. The van der Waals surface area contributed by atoms with Gasteiger partial charge in [0.1, 0.15) is 5.60 Å². The lowest BCUT2D eigenvalue weighted by molar-refractivity contribution is -0.173. The van der Waals surface area contributed by atoms with Crippen LogP contribution >= 0.6 is 0 Å². The van der Waals surface area contributed by atoms with Crippen molar-refractivity contribution in [3.8, 4) is 0 Å². The van der Waals surface area contributed by atoms with Crippen LogP contribution in [0.3, 0.4) is 0 Å². The van der Waals surface area contributed by atoms with Gasteiger partial charge >= 0.3 is 0 Å². The van der Waals surface area contributed by atoms with Gasteiger partial charge in [-0.2, -0.15) is 0 Å². The number of aliphatic hydroxyl groups is 1. The summed E-state index contributed by atoms with van der Waals surface area (Å²) in [4.78, 5) is 19.8. The van der Waals surface area contributed by atoms with E-state index in [1.54, 1.807) is 0 Å². The Bertz CT molecular complexity index is 1120. The van der Waals surface area contributed by atoms with Gasteiger partial charge in [-0.1, -0.05) is 19.0 Å². The van der Waals surface area contributed by atoms with Crippen molar-refractivity contribution in [2.45, 2.75) is 141 Å². The second-order valence-electron chi connectivity index (χ2n) is 15.7. The van der Waals surface area contributed by atoms with Crippen molar-refractivity contribution in [1.29, 1.82) is 0 Å². The topological polar surface area (TPSA) is 86.6 Å². The molecule has 0 spiro atoms. The minimum atomic E-state index is -2.06. The number of oxime groups is 1. The zero-order valence-corrected chi connectivity index (χ0v) is 26.4. The second-order valence-corrected chi connectivity index (χ2v) is 20.1. The first-order valence-corrected chi connectivity index (χ1v) is 18.6. The molecule has 0 amide bonds. The van der Waals surface area contributed by atoms with Gasteiger partial charge in [-0.05, 0) is 115 Å². The Balaban J connectivity index is 1.42. The summed E-state index contributed by atoms with van der Waals surface area (Å²) in [5.41, 5.74) is -0.0446. The van der Waals surface area contributed by atoms with Crippen molar-refractivity contribution < 1.29 is 28.6 Å². The van der Waals surface area contributed by atoms with E-state index in [0.717, 1.165) is 44.2 Å². The first-order valence-electron chi connectivity index (χ1n) is 15.2. The molecule has 0 radical (unpaired) electrons. The highest BCUT2D eigenvalue weighted by atomic mass is 28.4. The van der Waals surface area contributed by atoms with Crippen molar-refractivity contribution in [2.75, 3.05) is 0 Å².